The Morgan fingerprint density at radius 2 is 1.86 bits per heavy atom. The molecule has 2 aliphatic heterocycles. The molecule has 3 atom stereocenters. The Hall–Kier alpha value is -2.83. The molecule has 0 unspecified atom stereocenters. The molecule has 2 saturated heterocycles. The van der Waals surface area contributed by atoms with Gasteiger partial charge in [0.15, 0.2) is 0 Å². The summed E-state index contributed by atoms with van der Waals surface area (Å²) < 4.78 is 7.05. The predicted molar refractivity (Wildman–Crippen MR) is 104 cm³/mol. The maximum atomic E-state index is 13.1. The summed E-state index contributed by atoms with van der Waals surface area (Å²) in [6.07, 6.45) is 1.68. The predicted octanol–water partition coefficient (Wildman–Crippen LogP) is 2.03. The maximum absolute atomic E-state index is 13.1. The zero-order valence-corrected chi connectivity index (χ0v) is 16.8. The van der Waals surface area contributed by atoms with Crippen molar-refractivity contribution in [3.05, 3.63) is 47.5 Å². The van der Waals surface area contributed by atoms with Gasteiger partial charge in [0.25, 0.3) is 5.91 Å². The van der Waals surface area contributed by atoms with Gasteiger partial charge in [0.2, 0.25) is 5.91 Å². The van der Waals surface area contributed by atoms with Crippen molar-refractivity contribution in [2.45, 2.75) is 19.9 Å². The zero-order valence-electron chi connectivity index (χ0n) is 16.8. The van der Waals surface area contributed by atoms with Crippen LogP contribution in [0.4, 0.5) is 0 Å². The molecule has 7 heteroatoms. The highest BCUT2D eigenvalue weighted by atomic mass is 16.5. The molecule has 28 heavy (non-hydrogen) atoms. The number of methoxy groups -OCH3 is 1. The smallest absolute Gasteiger partial charge is 0.272 e. The van der Waals surface area contributed by atoms with Gasteiger partial charge in [0, 0.05) is 45.4 Å². The second kappa shape index (κ2) is 6.96. The van der Waals surface area contributed by atoms with Gasteiger partial charge in [-0.05, 0) is 24.6 Å². The Morgan fingerprint density at radius 3 is 2.43 bits per heavy atom. The van der Waals surface area contributed by atoms with Crippen LogP contribution in [0, 0.1) is 18.8 Å². The van der Waals surface area contributed by atoms with Gasteiger partial charge in [0.1, 0.15) is 11.4 Å². The minimum atomic E-state index is -0.0150. The highest BCUT2D eigenvalue weighted by Crippen LogP contribution is 2.45. The molecule has 148 valence electrons. The molecule has 7 nitrogen and oxygen atoms in total. The van der Waals surface area contributed by atoms with Crippen LogP contribution >= 0.6 is 0 Å². The normalized spacial score (nSPS) is 23.8. The van der Waals surface area contributed by atoms with Gasteiger partial charge in [-0.3, -0.25) is 9.59 Å². The Kier molecular flexibility index (Phi) is 4.61. The monoisotopic (exact) mass is 382 g/mol. The summed E-state index contributed by atoms with van der Waals surface area (Å²) in [5, 5.41) is 0. The summed E-state index contributed by atoms with van der Waals surface area (Å²) in [6.45, 7) is 5.49. The molecule has 0 bridgehead atoms. The first kappa shape index (κ1) is 18.5. The minimum absolute atomic E-state index is 0.0150. The van der Waals surface area contributed by atoms with Gasteiger partial charge in [-0.25, -0.2) is 4.98 Å². The second-order valence-corrected chi connectivity index (χ2v) is 7.81. The van der Waals surface area contributed by atoms with Crippen molar-refractivity contribution in [3.63, 3.8) is 0 Å². The zero-order chi connectivity index (χ0) is 20.0. The van der Waals surface area contributed by atoms with Gasteiger partial charge in [-0.1, -0.05) is 12.1 Å². The number of fused-ring (bicyclic) bond motifs is 1. The average Bonchev–Trinajstić information content (AvgIpc) is 3.34. The molecule has 4 rings (SSSR count). The maximum Gasteiger partial charge on any atom is 0.272 e. The Morgan fingerprint density at radius 1 is 1.14 bits per heavy atom. The summed E-state index contributed by atoms with van der Waals surface area (Å²) in [4.78, 5) is 33.5. The van der Waals surface area contributed by atoms with Crippen molar-refractivity contribution in [2.75, 3.05) is 26.7 Å². The molecule has 1 aromatic heterocycles. The fourth-order valence-corrected chi connectivity index (χ4v) is 4.77. The molecule has 2 aromatic rings. The van der Waals surface area contributed by atoms with Gasteiger partial charge >= 0.3 is 0 Å². The minimum Gasteiger partial charge on any atom is -0.497 e. The third kappa shape index (κ3) is 2.95. The number of aryl methyl sites for hydroxylation is 2. The van der Waals surface area contributed by atoms with E-state index in [-0.39, 0.29) is 29.7 Å². The number of nitrogens with zero attached hydrogens (tertiary/aromatic N) is 4. The van der Waals surface area contributed by atoms with Gasteiger partial charge in [-0.15, -0.1) is 0 Å². The van der Waals surface area contributed by atoms with E-state index in [1.54, 1.807) is 24.9 Å². The lowest BCUT2D eigenvalue weighted by molar-refractivity contribution is -0.130. The highest BCUT2D eigenvalue weighted by molar-refractivity contribution is 5.94. The standard InChI is InChI=1S/C21H26N4O3/c1-13-19(23(3)12-22-13)21(27)24-9-16-10-25(14(2)26)20(18(16)11-24)15-5-7-17(28-4)8-6-15/h5-8,12,16,18,20H,9-11H2,1-4H3/t16-,18-,20+/m1/s1. The number of aromatic nitrogens is 2. The number of benzene rings is 1. The van der Waals surface area contributed by atoms with E-state index in [1.807, 2.05) is 48.0 Å². The summed E-state index contributed by atoms with van der Waals surface area (Å²) in [6, 6.07) is 7.89. The number of ether oxygens (including phenoxy) is 1. The number of carbonyl (C=O) groups is 2. The summed E-state index contributed by atoms with van der Waals surface area (Å²) >= 11 is 0. The van der Waals surface area contributed by atoms with Crippen molar-refractivity contribution in [1.82, 2.24) is 19.4 Å². The van der Waals surface area contributed by atoms with Crippen LogP contribution < -0.4 is 4.74 Å². The quantitative estimate of drug-likeness (QED) is 0.815. The average molecular weight is 382 g/mol. The van der Waals surface area contributed by atoms with E-state index in [0.717, 1.165) is 17.0 Å². The number of rotatable bonds is 3. The first-order chi connectivity index (χ1) is 13.4. The fraction of sp³-hybridized carbons (Fsp3) is 0.476. The topological polar surface area (TPSA) is 67.7 Å². The first-order valence-corrected chi connectivity index (χ1v) is 9.59. The molecule has 0 aliphatic carbocycles. The highest BCUT2D eigenvalue weighted by Gasteiger charge is 2.49. The van der Waals surface area contributed by atoms with E-state index in [4.69, 9.17) is 4.74 Å². The molecule has 2 amide bonds. The largest absolute Gasteiger partial charge is 0.497 e. The number of imidazole rings is 1. The number of hydrogen-bond acceptors (Lipinski definition) is 4. The van der Waals surface area contributed by atoms with E-state index in [2.05, 4.69) is 4.98 Å². The van der Waals surface area contributed by atoms with E-state index in [9.17, 15) is 9.59 Å². The molecule has 2 aliphatic rings. The fourth-order valence-electron chi connectivity index (χ4n) is 4.77. The number of carbonyl (C=O) groups excluding carboxylic acids is 2. The molecular formula is C21H26N4O3. The molecule has 0 spiro atoms. The van der Waals surface area contributed by atoms with Gasteiger partial charge < -0.3 is 19.1 Å². The third-order valence-electron chi connectivity index (χ3n) is 6.14. The van der Waals surface area contributed by atoms with E-state index in [0.29, 0.717) is 25.3 Å². The van der Waals surface area contributed by atoms with Crippen molar-refractivity contribution in [3.8, 4) is 5.75 Å². The Bertz CT molecular complexity index is 885. The molecule has 2 fully saturated rings. The molecule has 0 saturated carbocycles. The third-order valence-corrected chi connectivity index (χ3v) is 6.14. The number of amides is 2. The molecule has 1 aromatic carbocycles. The van der Waals surface area contributed by atoms with E-state index >= 15 is 0 Å². The SMILES string of the molecule is COc1ccc([C@H]2[C@@H]3CN(C(=O)c4c(C)ncn4C)C[C@@H]3CN2C(C)=O)cc1. The lowest BCUT2D eigenvalue weighted by Gasteiger charge is -2.29. The van der Waals surface area contributed by atoms with Crippen LogP contribution in [0.15, 0.2) is 30.6 Å². The van der Waals surface area contributed by atoms with Crippen LogP contribution in [0.2, 0.25) is 0 Å². The van der Waals surface area contributed by atoms with Crippen LogP contribution in [0.5, 0.6) is 5.75 Å². The second-order valence-electron chi connectivity index (χ2n) is 7.81. The van der Waals surface area contributed by atoms with Crippen molar-refractivity contribution in [2.24, 2.45) is 18.9 Å². The van der Waals surface area contributed by atoms with E-state index < -0.39 is 0 Å². The van der Waals surface area contributed by atoms with Crippen LogP contribution in [-0.2, 0) is 11.8 Å². The van der Waals surface area contributed by atoms with E-state index in [1.165, 1.54) is 0 Å². The molecule has 0 N–H and O–H groups in total. The van der Waals surface area contributed by atoms with Crippen LogP contribution in [0.25, 0.3) is 0 Å². The van der Waals surface area contributed by atoms with Crippen LogP contribution in [-0.4, -0.2) is 57.9 Å². The Labute approximate surface area is 164 Å². The molecule has 3 heterocycles. The first-order valence-electron chi connectivity index (χ1n) is 9.59. The lowest BCUT2D eigenvalue weighted by atomic mass is 9.89. The van der Waals surface area contributed by atoms with Gasteiger partial charge in [-0.2, -0.15) is 0 Å². The number of likely N-dealkylation sites (tertiary alicyclic amines) is 2. The molecule has 0 radical (unpaired) electrons. The summed E-state index contributed by atoms with van der Waals surface area (Å²) in [7, 11) is 3.49. The van der Waals surface area contributed by atoms with Crippen molar-refractivity contribution >= 4 is 11.8 Å². The van der Waals surface area contributed by atoms with Crippen LogP contribution in [0.3, 0.4) is 0 Å². The van der Waals surface area contributed by atoms with Crippen molar-refractivity contribution < 1.29 is 14.3 Å². The summed E-state index contributed by atoms with van der Waals surface area (Å²) in [5.74, 6) is 1.41. The van der Waals surface area contributed by atoms with Crippen LogP contribution in [0.1, 0.15) is 34.7 Å². The molecular weight excluding hydrogens is 356 g/mol. The summed E-state index contributed by atoms with van der Waals surface area (Å²) in [5.41, 5.74) is 2.49. The number of hydrogen-bond donors (Lipinski definition) is 0. The van der Waals surface area contributed by atoms with Gasteiger partial charge in [0.05, 0.1) is 25.2 Å². The lowest BCUT2D eigenvalue weighted by Crippen LogP contribution is -2.37. The van der Waals surface area contributed by atoms with Crippen molar-refractivity contribution in [1.29, 1.82) is 0 Å². The Balaban J connectivity index is 1.60.